The fourth-order valence-corrected chi connectivity index (χ4v) is 2.62. The van der Waals surface area contributed by atoms with Crippen LogP contribution >= 0.6 is 11.6 Å². The lowest BCUT2D eigenvalue weighted by molar-refractivity contribution is -0.150. The molecule has 8 nitrogen and oxygen atoms in total. The van der Waals surface area contributed by atoms with E-state index in [-0.39, 0.29) is 18.5 Å². The van der Waals surface area contributed by atoms with Gasteiger partial charge >= 0.3 is 5.97 Å². The summed E-state index contributed by atoms with van der Waals surface area (Å²) in [7, 11) is 0. The molecule has 1 unspecified atom stereocenters. The Morgan fingerprint density at radius 1 is 0.645 bits per heavy atom. The Balaban J connectivity index is 3.21. The first-order valence-corrected chi connectivity index (χ1v) is 12.0. The van der Waals surface area contributed by atoms with Crippen LogP contribution in [-0.2, 0) is 38.0 Å². The van der Waals surface area contributed by atoms with Crippen LogP contribution in [0.3, 0.4) is 0 Å². The van der Waals surface area contributed by atoms with Gasteiger partial charge in [0.15, 0.2) is 0 Å². The molecule has 0 aromatic carbocycles. The van der Waals surface area contributed by atoms with Crippen molar-refractivity contribution in [2.45, 2.75) is 39.5 Å². The molecule has 0 amide bonds. The number of ether oxygens (including phenoxy) is 7. The van der Waals surface area contributed by atoms with Crippen molar-refractivity contribution in [3.05, 3.63) is 0 Å². The van der Waals surface area contributed by atoms with Gasteiger partial charge in [0.2, 0.25) is 0 Å². The van der Waals surface area contributed by atoms with Gasteiger partial charge in [-0.2, -0.15) is 0 Å². The number of unbranched alkanes of at least 4 members (excludes halogenated alkanes) is 1. The largest absolute Gasteiger partial charge is 0.463 e. The second-order valence-corrected chi connectivity index (χ2v) is 7.16. The smallest absolute Gasteiger partial charge is 0.308 e. The van der Waals surface area contributed by atoms with Crippen molar-refractivity contribution >= 4 is 17.6 Å². The molecular weight excluding hydrogens is 428 g/mol. The summed E-state index contributed by atoms with van der Waals surface area (Å²) < 4.78 is 37.4. The van der Waals surface area contributed by atoms with E-state index in [2.05, 4.69) is 6.92 Å². The highest BCUT2D eigenvalue weighted by Gasteiger charge is 2.16. The minimum atomic E-state index is -0.114. The SMILES string of the molecule is CCCCC(CC)C(=O)OCCOCCOCCOCCOCCOCCOCCCl. The Kier molecular flexibility index (Phi) is 25.4. The summed E-state index contributed by atoms with van der Waals surface area (Å²) in [5.74, 6) is 0.393. The molecule has 0 heterocycles. The summed E-state index contributed by atoms with van der Waals surface area (Å²) in [6.45, 7) is 10.5. The van der Waals surface area contributed by atoms with E-state index in [0.29, 0.717) is 85.2 Å². The molecule has 31 heavy (non-hydrogen) atoms. The molecule has 1 atom stereocenters. The van der Waals surface area contributed by atoms with E-state index < -0.39 is 0 Å². The molecule has 0 aromatic rings. The van der Waals surface area contributed by atoms with Gasteiger partial charge in [-0.25, -0.2) is 0 Å². The van der Waals surface area contributed by atoms with Crippen LogP contribution in [0.15, 0.2) is 0 Å². The second kappa shape index (κ2) is 25.8. The highest BCUT2D eigenvalue weighted by Crippen LogP contribution is 2.14. The first kappa shape index (κ1) is 30.5. The highest BCUT2D eigenvalue weighted by atomic mass is 35.5. The maximum atomic E-state index is 11.9. The summed E-state index contributed by atoms with van der Waals surface area (Å²) in [6.07, 6.45) is 3.87. The van der Waals surface area contributed by atoms with Crippen molar-refractivity contribution in [2.24, 2.45) is 5.92 Å². The topological polar surface area (TPSA) is 81.7 Å². The lowest BCUT2D eigenvalue weighted by Gasteiger charge is -2.13. The quantitative estimate of drug-likeness (QED) is 0.114. The third kappa shape index (κ3) is 22.5. The monoisotopic (exact) mass is 470 g/mol. The number of carbonyl (C=O) groups is 1. The molecule has 0 aromatic heterocycles. The number of carbonyl (C=O) groups excluding carboxylic acids is 1. The van der Waals surface area contributed by atoms with Gasteiger partial charge in [0, 0.05) is 5.88 Å². The first-order chi connectivity index (χ1) is 15.3. The number of hydrogen-bond acceptors (Lipinski definition) is 8. The van der Waals surface area contributed by atoms with Gasteiger partial charge in [-0.1, -0.05) is 26.7 Å². The Morgan fingerprint density at radius 2 is 1.03 bits per heavy atom. The van der Waals surface area contributed by atoms with Gasteiger partial charge < -0.3 is 33.2 Å². The summed E-state index contributed by atoms with van der Waals surface area (Å²) in [5.41, 5.74) is 0. The molecule has 0 aliphatic rings. The summed E-state index contributed by atoms with van der Waals surface area (Å²) in [4.78, 5) is 11.9. The summed E-state index contributed by atoms with van der Waals surface area (Å²) in [5, 5.41) is 0. The van der Waals surface area contributed by atoms with Crippen molar-refractivity contribution in [1.29, 1.82) is 0 Å². The average Bonchev–Trinajstić information content (AvgIpc) is 2.78. The zero-order valence-electron chi connectivity index (χ0n) is 19.4. The predicted molar refractivity (Wildman–Crippen MR) is 120 cm³/mol. The first-order valence-electron chi connectivity index (χ1n) is 11.4. The number of esters is 1. The number of alkyl halides is 1. The standard InChI is InChI=1S/C22H43ClO8/c1-3-5-6-21(4-2)22(24)31-20-19-30-18-17-29-16-15-28-14-13-27-12-11-26-10-9-25-8-7-23/h21H,3-20H2,1-2H3. The molecule has 186 valence electrons. The summed E-state index contributed by atoms with van der Waals surface area (Å²) in [6, 6.07) is 0. The van der Waals surface area contributed by atoms with Crippen LogP contribution in [0.1, 0.15) is 39.5 Å². The molecule has 0 aliphatic heterocycles. The van der Waals surface area contributed by atoms with Crippen molar-refractivity contribution < 1.29 is 38.0 Å². The third-order valence-electron chi connectivity index (χ3n) is 4.29. The number of hydrogen-bond donors (Lipinski definition) is 0. The normalized spacial score (nSPS) is 12.2. The van der Waals surface area contributed by atoms with E-state index in [9.17, 15) is 4.79 Å². The lowest BCUT2D eigenvalue weighted by atomic mass is 10.00. The minimum Gasteiger partial charge on any atom is -0.463 e. The maximum Gasteiger partial charge on any atom is 0.308 e. The Labute approximate surface area is 193 Å². The van der Waals surface area contributed by atoms with Crippen molar-refractivity contribution in [3.63, 3.8) is 0 Å². The van der Waals surface area contributed by atoms with E-state index in [1.54, 1.807) is 0 Å². The number of halogens is 1. The Hall–Kier alpha value is -0.480. The van der Waals surface area contributed by atoms with Gasteiger partial charge in [-0.15, -0.1) is 11.6 Å². The maximum absolute atomic E-state index is 11.9. The number of rotatable bonds is 25. The van der Waals surface area contributed by atoms with E-state index in [4.69, 9.17) is 44.8 Å². The molecular formula is C22H43ClO8. The Morgan fingerprint density at radius 3 is 1.39 bits per heavy atom. The van der Waals surface area contributed by atoms with Gasteiger partial charge in [0.05, 0.1) is 85.2 Å². The van der Waals surface area contributed by atoms with Crippen molar-refractivity contribution in [2.75, 3.05) is 91.8 Å². The van der Waals surface area contributed by atoms with Crippen LogP contribution in [0.5, 0.6) is 0 Å². The highest BCUT2D eigenvalue weighted by molar-refractivity contribution is 6.17. The molecule has 0 spiro atoms. The molecule has 0 saturated heterocycles. The van der Waals surface area contributed by atoms with Crippen LogP contribution in [0.2, 0.25) is 0 Å². The zero-order valence-corrected chi connectivity index (χ0v) is 20.2. The van der Waals surface area contributed by atoms with Crippen LogP contribution in [0, 0.1) is 5.92 Å². The molecule has 0 fully saturated rings. The Bertz CT molecular complexity index is 373. The van der Waals surface area contributed by atoms with Gasteiger partial charge in [-0.05, 0) is 12.8 Å². The molecule has 0 aliphatic carbocycles. The van der Waals surface area contributed by atoms with Gasteiger partial charge in [0.25, 0.3) is 0 Å². The zero-order chi connectivity index (χ0) is 22.8. The van der Waals surface area contributed by atoms with Crippen molar-refractivity contribution in [1.82, 2.24) is 0 Å². The molecule has 0 rings (SSSR count). The molecule has 0 N–H and O–H groups in total. The van der Waals surface area contributed by atoms with Crippen LogP contribution in [-0.4, -0.2) is 97.7 Å². The molecule has 0 saturated carbocycles. The second-order valence-electron chi connectivity index (χ2n) is 6.78. The predicted octanol–water partition coefficient (Wildman–Crippen LogP) is 3.08. The van der Waals surface area contributed by atoms with Crippen molar-refractivity contribution in [3.8, 4) is 0 Å². The van der Waals surface area contributed by atoms with Gasteiger partial charge in [0.1, 0.15) is 6.61 Å². The molecule has 9 heteroatoms. The van der Waals surface area contributed by atoms with Crippen LogP contribution < -0.4 is 0 Å². The summed E-state index contributed by atoms with van der Waals surface area (Å²) >= 11 is 5.49. The lowest BCUT2D eigenvalue weighted by Crippen LogP contribution is -2.20. The third-order valence-corrected chi connectivity index (χ3v) is 4.44. The minimum absolute atomic E-state index is 0.00785. The molecule has 0 bridgehead atoms. The fraction of sp³-hybridized carbons (Fsp3) is 0.955. The fourth-order valence-electron chi connectivity index (χ4n) is 2.51. The van der Waals surface area contributed by atoms with E-state index >= 15 is 0 Å². The van der Waals surface area contributed by atoms with Crippen LogP contribution in [0.4, 0.5) is 0 Å². The van der Waals surface area contributed by atoms with E-state index in [0.717, 1.165) is 25.7 Å². The van der Waals surface area contributed by atoms with Gasteiger partial charge in [-0.3, -0.25) is 4.79 Å². The van der Waals surface area contributed by atoms with E-state index in [1.165, 1.54) is 0 Å². The molecule has 0 radical (unpaired) electrons. The van der Waals surface area contributed by atoms with E-state index in [1.807, 2.05) is 6.92 Å². The average molecular weight is 471 g/mol. The van der Waals surface area contributed by atoms with Crippen LogP contribution in [0.25, 0.3) is 0 Å².